The second-order valence-electron chi connectivity index (χ2n) is 8.17. The van der Waals surface area contributed by atoms with Crippen molar-refractivity contribution in [2.45, 2.75) is 54.4 Å². The summed E-state index contributed by atoms with van der Waals surface area (Å²) < 4.78 is 0. The molecule has 0 amide bonds. The molecule has 1 heteroatoms. The summed E-state index contributed by atoms with van der Waals surface area (Å²) in [7, 11) is 0. The van der Waals surface area contributed by atoms with Gasteiger partial charge in [-0.1, -0.05) is 72.7 Å². The number of rotatable bonds is 2. The van der Waals surface area contributed by atoms with Gasteiger partial charge in [0.05, 0.1) is 0 Å². The molecule has 1 N–H and O–H groups in total. The van der Waals surface area contributed by atoms with Gasteiger partial charge >= 0.3 is 0 Å². The van der Waals surface area contributed by atoms with Crippen molar-refractivity contribution in [1.29, 1.82) is 5.41 Å². The molecule has 0 saturated heterocycles. The molecule has 1 aliphatic rings. The van der Waals surface area contributed by atoms with Crippen molar-refractivity contribution < 1.29 is 0 Å². The summed E-state index contributed by atoms with van der Waals surface area (Å²) in [5, 5.41) is 8.62. The highest BCUT2D eigenvalue weighted by Gasteiger charge is 2.43. The molecule has 1 fully saturated rings. The average Bonchev–Trinajstić information content (AvgIpc) is 2.61. The molecule has 0 aromatic heterocycles. The van der Waals surface area contributed by atoms with Gasteiger partial charge in [-0.25, -0.2) is 0 Å². The highest BCUT2D eigenvalue weighted by Crippen LogP contribution is 2.51. The molecule has 1 aromatic rings. The predicted octanol–water partition coefficient (Wildman–Crippen LogP) is 5.74. The Morgan fingerprint density at radius 2 is 1.33 bits per heavy atom. The first kappa shape index (κ1) is 16.3. The standard InChI is InChI=1S/C20H31N/c1-12-13(2)15(4)18(14(12)3)16-10-8-9-11-17(16)19(21)20(5,6)7/h8-15,18,21H,1-7H3. The number of hydrogen-bond donors (Lipinski definition) is 1. The van der Waals surface area contributed by atoms with E-state index in [1.807, 2.05) is 0 Å². The molecule has 1 aliphatic carbocycles. The van der Waals surface area contributed by atoms with Gasteiger partial charge in [0.15, 0.2) is 0 Å². The van der Waals surface area contributed by atoms with Crippen molar-refractivity contribution in [3.05, 3.63) is 35.4 Å². The maximum atomic E-state index is 8.62. The Kier molecular flexibility index (Phi) is 4.33. The van der Waals surface area contributed by atoms with Gasteiger partial charge in [-0.05, 0) is 40.7 Å². The third-order valence-electron chi connectivity index (χ3n) is 5.96. The van der Waals surface area contributed by atoms with Gasteiger partial charge in [-0.3, -0.25) is 0 Å². The van der Waals surface area contributed by atoms with E-state index < -0.39 is 0 Å². The minimum absolute atomic E-state index is 0.0988. The quantitative estimate of drug-likeness (QED) is 0.670. The van der Waals surface area contributed by atoms with Gasteiger partial charge in [-0.2, -0.15) is 0 Å². The van der Waals surface area contributed by atoms with Crippen LogP contribution in [0.1, 0.15) is 65.5 Å². The molecule has 4 atom stereocenters. The maximum absolute atomic E-state index is 8.62. The Bertz CT molecular complexity index is 509. The van der Waals surface area contributed by atoms with Crippen LogP contribution in [0.3, 0.4) is 0 Å². The predicted molar refractivity (Wildman–Crippen MR) is 92.1 cm³/mol. The highest BCUT2D eigenvalue weighted by atomic mass is 14.5. The molecule has 0 radical (unpaired) electrons. The van der Waals surface area contributed by atoms with Gasteiger partial charge in [0.1, 0.15) is 0 Å². The molecular formula is C20H31N. The fraction of sp³-hybridized carbons (Fsp3) is 0.650. The van der Waals surface area contributed by atoms with E-state index in [9.17, 15) is 0 Å². The summed E-state index contributed by atoms with van der Waals surface area (Å²) in [6, 6.07) is 8.63. The lowest BCUT2D eigenvalue weighted by Crippen LogP contribution is -2.24. The highest BCUT2D eigenvalue weighted by molar-refractivity contribution is 6.03. The van der Waals surface area contributed by atoms with Gasteiger partial charge in [0.25, 0.3) is 0 Å². The Balaban J connectivity index is 2.49. The summed E-state index contributed by atoms with van der Waals surface area (Å²) in [6.45, 7) is 16.0. The lowest BCUT2D eigenvalue weighted by atomic mass is 9.76. The van der Waals surface area contributed by atoms with Crippen LogP contribution in [0.4, 0.5) is 0 Å². The average molecular weight is 285 g/mol. The number of benzene rings is 1. The third kappa shape index (κ3) is 2.80. The molecule has 0 heterocycles. The maximum Gasteiger partial charge on any atom is 0.0442 e. The minimum Gasteiger partial charge on any atom is -0.304 e. The van der Waals surface area contributed by atoms with Crippen LogP contribution in [0.25, 0.3) is 0 Å². The lowest BCUT2D eigenvalue weighted by molar-refractivity contribution is 0.352. The second kappa shape index (κ2) is 5.59. The summed E-state index contributed by atoms with van der Waals surface area (Å²) in [5.41, 5.74) is 3.23. The normalized spacial score (nSPS) is 33.2. The van der Waals surface area contributed by atoms with Crippen molar-refractivity contribution in [3.63, 3.8) is 0 Å². The minimum atomic E-state index is -0.0988. The lowest BCUT2D eigenvalue weighted by Gasteiger charge is -2.28. The van der Waals surface area contributed by atoms with Gasteiger partial charge < -0.3 is 5.41 Å². The van der Waals surface area contributed by atoms with E-state index in [-0.39, 0.29) is 5.41 Å². The molecule has 1 aromatic carbocycles. The number of hydrogen-bond acceptors (Lipinski definition) is 1. The second-order valence-corrected chi connectivity index (χ2v) is 8.17. The van der Waals surface area contributed by atoms with E-state index in [0.717, 1.165) is 23.1 Å². The number of nitrogens with one attached hydrogen (secondary N) is 1. The Hall–Kier alpha value is -1.11. The van der Waals surface area contributed by atoms with Crippen LogP contribution in [-0.2, 0) is 0 Å². The van der Waals surface area contributed by atoms with E-state index in [4.69, 9.17) is 5.41 Å². The molecule has 0 bridgehead atoms. The fourth-order valence-corrected chi connectivity index (χ4v) is 4.08. The third-order valence-corrected chi connectivity index (χ3v) is 5.96. The smallest absolute Gasteiger partial charge is 0.0442 e. The fourth-order valence-electron chi connectivity index (χ4n) is 4.08. The summed E-state index contributed by atoms with van der Waals surface area (Å²) >= 11 is 0. The van der Waals surface area contributed by atoms with E-state index in [0.29, 0.717) is 17.8 Å². The molecule has 2 rings (SSSR count). The zero-order valence-electron chi connectivity index (χ0n) is 14.7. The summed E-state index contributed by atoms with van der Waals surface area (Å²) in [4.78, 5) is 0. The topological polar surface area (TPSA) is 23.9 Å². The van der Waals surface area contributed by atoms with Crippen molar-refractivity contribution in [2.75, 3.05) is 0 Å². The van der Waals surface area contributed by atoms with Crippen LogP contribution in [0, 0.1) is 34.5 Å². The molecule has 0 aliphatic heterocycles. The zero-order valence-corrected chi connectivity index (χ0v) is 14.7. The molecule has 21 heavy (non-hydrogen) atoms. The molecule has 1 nitrogen and oxygen atoms in total. The molecule has 4 unspecified atom stereocenters. The van der Waals surface area contributed by atoms with Crippen LogP contribution >= 0.6 is 0 Å². The Labute approximate surface area is 130 Å². The van der Waals surface area contributed by atoms with Crippen LogP contribution in [0.5, 0.6) is 0 Å². The summed E-state index contributed by atoms with van der Waals surface area (Å²) in [5.74, 6) is 3.45. The first-order valence-corrected chi connectivity index (χ1v) is 8.34. The van der Waals surface area contributed by atoms with E-state index in [1.54, 1.807) is 0 Å². The Morgan fingerprint density at radius 1 is 0.857 bits per heavy atom. The van der Waals surface area contributed by atoms with E-state index >= 15 is 0 Å². The van der Waals surface area contributed by atoms with Crippen LogP contribution in [-0.4, -0.2) is 5.71 Å². The SMILES string of the molecule is CC1C(C)C(C)C(c2ccccc2C(=N)C(C)(C)C)C1C. The van der Waals surface area contributed by atoms with Crippen LogP contribution < -0.4 is 0 Å². The first-order chi connectivity index (χ1) is 9.66. The van der Waals surface area contributed by atoms with Crippen molar-refractivity contribution in [1.82, 2.24) is 0 Å². The molecule has 0 spiro atoms. The molecule has 116 valence electrons. The van der Waals surface area contributed by atoms with Crippen molar-refractivity contribution in [3.8, 4) is 0 Å². The molecular weight excluding hydrogens is 254 g/mol. The zero-order chi connectivity index (χ0) is 15.9. The summed E-state index contributed by atoms with van der Waals surface area (Å²) in [6.07, 6.45) is 0. The largest absolute Gasteiger partial charge is 0.304 e. The van der Waals surface area contributed by atoms with Crippen molar-refractivity contribution >= 4 is 5.71 Å². The van der Waals surface area contributed by atoms with Crippen LogP contribution in [0.15, 0.2) is 24.3 Å². The van der Waals surface area contributed by atoms with Crippen LogP contribution in [0.2, 0.25) is 0 Å². The first-order valence-electron chi connectivity index (χ1n) is 8.34. The van der Waals surface area contributed by atoms with Gasteiger partial charge in [-0.15, -0.1) is 0 Å². The van der Waals surface area contributed by atoms with Gasteiger partial charge in [0, 0.05) is 11.1 Å². The Morgan fingerprint density at radius 3 is 1.81 bits per heavy atom. The van der Waals surface area contributed by atoms with E-state index in [2.05, 4.69) is 72.7 Å². The molecule has 1 saturated carbocycles. The van der Waals surface area contributed by atoms with Gasteiger partial charge in [0.2, 0.25) is 0 Å². The van der Waals surface area contributed by atoms with Crippen molar-refractivity contribution in [2.24, 2.45) is 29.1 Å². The monoisotopic (exact) mass is 285 g/mol. The van der Waals surface area contributed by atoms with E-state index in [1.165, 1.54) is 5.56 Å².